The lowest BCUT2D eigenvalue weighted by Gasteiger charge is -2.36. The van der Waals surface area contributed by atoms with Gasteiger partial charge in [-0.25, -0.2) is 4.79 Å². The second kappa shape index (κ2) is 8.41. The highest BCUT2D eigenvalue weighted by molar-refractivity contribution is 5.91. The minimum atomic E-state index is -1.68. The molecule has 0 bridgehead atoms. The van der Waals surface area contributed by atoms with Gasteiger partial charge in [-0.1, -0.05) is 0 Å². The number of phenols is 5. The molecule has 2 aromatic rings. The first-order chi connectivity index (χ1) is 15.0. The van der Waals surface area contributed by atoms with Gasteiger partial charge in [-0.3, -0.25) is 9.59 Å². The van der Waals surface area contributed by atoms with Crippen molar-refractivity contribution in [1.29, 1.82) is 0 Å². The molecule has 0 spiro atoms. The summed E-state index contributed by atoms with van der Waals surface area (Å²) in [5.41, 5.74) is -0.324. The molecule has 3 atom stereocenters. The highest BCUT2D eigenvalue weighted by atomic mass is 16.6. The van der Waals surface area contributed by atoms with E-state index in [9.17, 15) is 45.0 Å². The molecule has 0 unspecified atom stereocenters. The molecule has 0 aliphatic carbocycles. The van der Waals surface area contributed by atoms with Crippen molar-refractivity contribution in [3.8, 4) is 34.5 Å². The third-order valence-electron chi connectivity index (χ3n) is 4.88. The summed E-state index contributed by atoms with van der Waals surface area (Å²) in [7, 11) is 0. The molecule has 12 nitrogen and oxygen atoms in total. The molecule has 170 valence electrons. The van der Waals surface area contributed by atoms with E-state index in [1.807, 2.05) is 0 Å². The second-order valence-electron chi connectivity index (χ2n) is 7.08. The molecule has 0 radical (unpaired) electrons. The zero-order valence-corrected chi connectivity index (χ0v) is 16.1. The van der Waals surface area contributed by atoms with Crippen LogP contribution in [0.3, 0.4) is 0 Å². The molecule has 1 aliphatic heterocycles. The van der Waals surface area contributed by atoms with Crippen molar-refractivity contribution in [2.75, 3.05) is 0 Å². The third-order valence-corrected chi connectivity index (χ3v) is 4.88. The van der Waals surface area contributed by atoms with Gasteiger partial charge in [-0.15, -0.1) is 0 Å². The van der Waals surface area contributed by atoms with Gasteiger partial charge >= 0.3 is 17.9 Å². The van der Waals surface area contributed by atoms with Crippen LogP contribution in [0, 0.1) is 5.92 Å². The van der Waals surface area contributed by atoms with Crippen LogP contribution in [0.15, 0.2) is 24.3 Å². The topological polar surface area (TPSA) is 211 Å². The van der Waals surface area contributed by atoms with Crippen molar-refractivity contribution < 1.29 is 59.6 Å². The van der Waals surface area contributed by atoms with E-state index in [-0.39, 0.29) is 17.7 Å². The van der Waals surface area contributed by atoms with Crippen LogP contribution in [0.4, 0.5) is 0 Å². The summed E-state index contributed by atoms with van der Waals surface area (Å²) >= 11 is 0. The maximum absolute atomic E-state index is 12.6. The largest absolute Gasteiger partial charge is 0.508 e. The Hall–Kier alpha value is -4.35. The Labute approximate surface area is 179 Å². The van der Waals surface area contributed by atoms with Gasteiger partial charge in [0.15, 0.2) is 17.2 Å². The van der Waals surface area contributed by atoms with E-state index in [0.29, 0.717) is 0 Å². The molecule has 2 aromatic carbocycles. The first-order valence-electron chi connectivity index (χ1n) is 9.10. The molecule has 0 amide bonds. The number of fused-ring (bicyclic) bond motifs is 1. The molecule has 3 rings (SSSR count). The van der Waals surface area contributed by atoms with Crippen LogP contribution in [0.25, 0.3) is 0 Å². The van der Waals surface area contributed by atoms with Gasteiger partial charge in [0.1, 0.15) is 35.4 Å². The average molecular weight is 450 g/mol. The van der Waals surface area contributed by atoms with Crippen molar-refractivity contribution in [1.82, 2.24) is 0 Å². The van der Waals surface area contributed by atoms with Gasteiger partial charge in [0.2, 0.25) is 0 Å². The van der Waals surface area contributed by atoms with Crippen molar-refractivity contribution in [3.63, 3.8) is 0 Å². The average Bonchev–Trinajstić information content (AvgIpc) is 2.69. The van der Waals surface area contributed by atoms with Gasteiger partial charge in [-0.05, 0) is 12.1 Å². The number of carbonyl (C=O) groups excluding carboxylic acids is 1. The molecule has 0 fully saturated rings. The Kier molecular flexibility index (Phi) is 5.87. The van der Waals surface area contributed by atoms with E-state index < -0.39 is 76.8 Å². The Morgan fingerprint density at radius 1 is 0.969 bits per heavy atom. The van der Waals surface area contributed by atoms with Crippen LogP contribution in [0.1, 0.15) is 22.3 Å². The molecule has 0 saturated carbocycles. The third kappa shape index (κ3) is 4.38. The number of rotatable bonds is 6. The number of aromatic hydroxyl groups is 5. The summed E-state index contributed by atoms with van der Waals surface area (Å²) in [6, 6.07) is 3.68. The van der Waals surface area contributed by atoms with Crippen LogP contribution >= 0.6 is 0 Å². The van der Waals surface area contributed by atoms with Crippen LogP contribution in [0.5, 0.6) is 34.5 Å². The first-order valence-corrected chi connectivity index (χ1v) is 9.10. The lowest BCUT2D eigenvalue weighted by atomic mass is 9.88. The minimum Gasteiger partial charge on any atom is -0.508 e. The summed E-state index contributed by atoms with van der Waals surface area (Å²) in [5, 5.41) is 67.0. The number of aliphatic carboxylic acids is 2. The van der Waals surface area contributed by atoms with Crippen molar-refractivity contribution >= 4 is 17.9 Å². The van der Waals surface area contributed by atoms with E-state index in [1.54, 1.807) is 0 Å². The maximum Gasteiger partial charge on any atom is 0.338 e. The highest BCUT2D eigenvalue weighted by Crippen LogP contribution is 2.41. The zero-order chi connectivity index (χ0) is 23.7. The Morgan fingerprint density at radius 3 is 2.16 bits per heavy atom. The van der Waals surface area contributed by atoms with E-state index in [4.69, 9.17) is 14.6 Å². The van der Waals surface area contributed by atoms with E-state index in [2.05, 4.69) is 0 Å². The smallest absolute Gasteiger partial charge is 0.338 e. The fourth-order valence-corrected chi connectivity index (χ4v) is 3.38. The van der Waals surface area contributed by atoms with Crippen LogP contribution in [-0.2, 0) is 20.7 Å². The number of hydrogen-bond acceptors (Lipinski definition) is 10. The van der Waals surface area contributed by atoms with Gasteiger partial charge < -0.3 is 45.2 Å². The lowest BCUT2D eigenvalue weighted by molar-refractivity contribution is -0.155. The molecule has 32 heavy (non-hydrogen) atoms. The number of phenolic OH excluding ortho intramolecular Hbond substituents is 5. The Bertz CT molecular complexity index is 1070. The highest BCUT2D eigenvalue weighted by Gasteiger charge is 2.44. The summed E-state index contributed by atoms with van der Waals surface area (Å²) in [6.07, 6.45) is -4.11. The standard InChI is InChI=1S/C20H18O12/c21-8-3-11(22)9-5-15(32-20(30)7-1-12(23)17(27)13(24)2-7)18(31-14(9)4-8)10(19(28)29)6-16(25)26/h1-4,10,15,18,21-24,27H,5-6H2,(H,25,26)(H,28,29)/t10-,15+,18+/m0/s1. The number of carboxylic acid groups (broad SMARTS) is 2. The molecule has 7 N–H and O–H groups in total. The summed E-state index contributed by atoms with van der Waals surface area (Å²) in [6.45, 7) is 0. The van der Waals surface area contributed by atoms with Crippen molar-refractivity contribution in [3.05, 3.63) is 35.4 Å². The quantitative estimate of drug-likeness (QED) is 0.242. The SMILES string of the molecule is O=C(O)C[C@H](C(=O)O)[C@H]1Oc2cc(O)cc(O)c2C[C@H]1OC(=O)c1cc(O)c(O)c(O)c1. The fourth-order valence-electron chi connectivity index (χ4n) is 3.38. The molecule has 1 aliphatic rings. The number of benzene rings is 2. The normalized spacial score (nSPS) is 18.1. The first kappa shape index (κ1) is 22.3. The van der Waals surface area contributed by atoms with Gasteiger partial charge in [0, 0.05) is 24.1 Å². The monoisotopic (exact) mass is 450 g/mol. The Balaban J connectivity index is 1.99. The number of ether oxygens (including phenoxy) is 2. The number of hydrogen-bond donors (Lipinski definition) is 7. The number of esters is 1. The molecule has 0 saturated heterocycles. The number of carbonyl (C=O) groups is 3. The van der Waals surface area contributed by atoms with Gasteiger partial charge in [0.05, 0.1) is 12.0 Å². The summed E-state index contributed by atoms with van der Waals surface area (Å²) in [4.78, 5) is 35.5. The maximum atomic E-state index is 12.6. The van der Waals surface area contributed by atoms with Gasteiger partial charge in [-0.2, -0.15) is 0 Å². The fraction of sp³-hybridized carbons (Fsp3) is 0.250. The number of carboxylic acids is 2. The summed E-state index contributed by atoms with van der Waals surface area (Å²) in [5.74, 6) is -9.28. The zero-order valence-electron chi connectivity index (χ0n) is 16.1. The van der Waals surface area contributed by atoms with Crippen molar-refractivity contribution in [2.24, 2.45) is 5.92 Å². The van der Waals surface area contributed by atoms with Crippen LogP contribution < -0.4 is 4.74 Å². The van der Waals surface area contributed by atoms with Crippen LogP contribution in [-0.4, -0.2) is 65.9 Å². The van der Waals surface area contributed by atoms with Crippen molar-refractivity contribution in [2.45, 2.75) is 25.0 Å². The lowest BCUT2D eigenvalue weighted by Crippen LogP contribution is -2.48. The predicted octanol–water partition coefficient (Wildman–Crippen LogP) is 0.919. The molecular weight excluding hydrogens is 432 g/mol. The van der Waals surface area contributed by atoms with E-state index in [1.165, 1.54) is 0 Å². The molecule has 1 heterocycles. The molecule has 0 aromatic heterocycles. The minimum absolute atomic E-state index is 0.0766. The van der Waals surface area contributed by atoms with E-state index in [0.717, 1.165) is 24.3 Å². The predicted molar refractivity (Wildman–Crippen MR) is 102 cm³/mol. The van der Waals surface area contributed by atoms with Gasteiger partial charge in [0.25, 0.3) is 0 Å². The second-order valence-corrected chi connectivity index (χ2v) is 7.08. The molecular formula is C20H18O12. The summed E-state index contributed by atoms with van der Waals surface area (Å²) < 4.78 is 10.9. The van der Waals surface area contributed by atoms with Crippen LogP contribution in [0.2, 0.25) is 0 Å². The molecule has 12 heteroatoms. The van der Waals surface area contributed by atoms with E-state index >= 15 is 0 Å². The Morgan fingerprint density at radius 2 is 1.59 bits per heavy atom.